The first kappa shape index (κ1) is 16.4. The summed E-state index contributed by atoms with van der Waals surface area (Å²) >= 11 is 3.43. The summed E-state index contributed by atoms with van der Waals surface area (Å²) in [6, 6.07) is 5.71. The molecule has 1 heterocycles. The third kappa shape index (κ3) is 4.18. The van der Waals surface area contributed by atoms with Gasteiger partial charge in [-0.3, -0.25) is 4.79 Å². The summed E-state index contributed by atoms with van der Waals surface area (Å²) in [7, 11) is 0. The van der Waals surface area contributed by atoms with Crippen molar-refractivity contribution in [2.24, 2.45) is 5.73 Å². The molecule has 1 fully saturated rings. The number of halogens is 2. The standard InChI is InChI=1S/C13H17BrN2O2.ClH/c1-8-6-9(2-4-11(8)14)16-13(17)12-5-3-10(7-15)18-12;/h2,4,6,10,12H,3,5,7,15H2,1H3,(H,16,17);1H/t10-,12+;/m1./s1. The van der Waals surface area contributed by atoms with Crippen LogP contribution < -0.4 is 11.1 Å². The highest BCUT2D eigenvalue weighted by molar-refractivity contribution is 9.10. The molecule has 1 aromatic rings. The highest BCUT2D eigenvalue weighted by atomic mass is 79.9. The Morgan fingerprint density at radius 3 is 2.84 bits per heavy atom. The molecule has 106 valence electrons. The number of hydrogen-bond donors (Lipinski definition) is 2. The van der Waals surface area contributed by atoms with Crippen LogP contribution in [0.1, 0.15) is 18.4 Å². The smallest absolute Gasteiger partial charge is 0.253 e. The summed E-state index contributed by atoms with van der Waals surface area (Å²) in [4.78, 5) is 12.0. The van der Waals surface area contributed by atoms with Crippen molar-refractivity contribution in [1.82, 2.24) is 0 Å². The third-order valence-corrected chi connectivity index (χ3v) is 3.98. The van der Waals surface area contributed by atoms with Gasteiger partial charge in [0.15, 0.2) is 0 Å². The number of rotatable bonds is 3. The van der Waals surface area contributed by atoms with E-state index in [9.17, 15) is 4.79 Å². The summed E-state index contributed by atoms with van der Waals surface area (Å²) in [6.07, 6.45) is 1.24. The fourth-order valence-corrected chi connectivity index (χ4v) is 2.26. The molecule has 2 atom stereocenters. The molecular formula is C13H18BrClN2O2. The minimum absolute atomic E-state index is 0. The van der Waals surface area contributed by atoms with Crippen LogP contribution in [-0.2, 0) is 9.53 Å². The maximum Gasteiger partial charge on any atom is 0.253 e. The molecule has 1 aliphatic rings. The van der Waals surface area contributed by atoms with Crippen molar-refractivity contribution in [2.45, 2.75) is 32.0 Å². The number of amides is 1. The van der Waals surface area contributed by atoms with Crippen LogP contribution in [0.3, 0.4) is 0 Å². The van der Waals surface area contributed by atoms with Crippen molar-refractivity contribution in [2.75, 3.05) is 11.9 Å². The van der Waals surface area contributed by atoms with Gasteiger partial charge < -0.3 is 15.8 Å². The van der Waals surface area contributed by atoms with Gasteiger partial charge in [-0.15, -0.1) is 12.4 Å². The van der Waals surface area contributed by atoms with Crippen molar-refractivity contribution in [3.05, 3.63) is 28.2 Å². The van der Waals surface area contributed by atoms with E-state index in [1.165, 1.54) is 0 Å². The number of nitrogens with one attached hydrogen (secondary N) is 1. The van der Waals surface area contributed by atoms with Gasteiger partial charge in [0.25, 0.3) is 5.91 Å². The van der Waals surface area contributed by atoms with Crippen molar-refractivity contribution >= 4 is 39.9 Å². The predicted octanol–water partition coefficient (Wildman–Crippen LogP) is 2.62. The summed E-state index contributed by atoms with van der Waals surface area (Å²) in [5.41, 5.74) is 7.40. The molecule has 0 spiro atoms. The van der Waals surface area contributed by atoms with E-state index in [0.29, 0.717) is 6.54 Å². The number of carbonyl (C=O) groups excluding carboxylic acids is 1. The molecule has 0 aliphatic carbocycles. The summed E-state index contributed by atoms with van der Waals surface area (Å²) in [5, 5.41) is 2.87. The van der Waals surface area contributed by atoms with Crippen LogP contribution in [0.15, 0.2) is 22.7 Å². The molecule has 0 saturated carbocycles. The number of hydrogen-bond acceptors (Lipinski definition) is 3. The van der Waals surface area contributed by atoms with E-state index in [1.54, 1.807) is 0 Å². The average molecular weight is 350 g/mol. The Bertz CT molecular complexity index is 456. The van der Waals surface area contributed by atoms with E-state index in [2.05, 4.69) is 21.2 Å². The predicted molar refractivity (Wildman–Crippen MR) is 81.7 cm³/mol. The van der Waals surface area contributed by atoms with Gasteiger partial charge in [0.05, 0.1) is 6.10 Å². The lowest BCUT2D eigenvalue weighted by molar-refractivity contribution is -0.126. The van der Waals surface area contributed by atoms with E-state index in [1.807, 2.05) is 25.1 Å². The van der Waals surface area contributed by atoms with Gasteiger partial charge in [0, 0.05) is 16.7 Å². The fourth-order valence-electron chi connectivity index (χ4n) is 2.02. The number of aryl methyl sites for hydroxylation is 1. The van der Waals surface area contributed by atoms with E-state index in [4.69, 9.17) is 10.5 Å². The Hall–Kier alpha value is -0.620. The molecule has 0 bridgehead atoms. The summed E-state index contributed by atoms with van der Waals surface area (Å²) in [6.45, 7) is 2.46. The Morgan fingerprint density at radius 2 is 2.26 bits per heavy atom. The van der Waals surface area contributed by atoms with Gasteiger partial charge in [0.1, 0.15) is 6.10 Å². The second-order valence-corrected chi connectivity index (χ2v) is 5.37. The monoisotopic (exact) mass is 348 g/mol. The maximum absolute atomic E-state index is 12.0. The number of nitrogens with two attached hydrogens (primary N) is 1. The molecule has 19 heavy (non-hydrogen) atoms. The highest BCUT2D eigenvalue weighted by Crippen LogP contribution is 2.23. The first-order valence-electron chi connectivity index (χ1n) is 6.02. The average Bonchev–Trinajstić information content (AvgIpc) is 2.82. The number of carbonyl (C=O) groups is 1. The summed E-state index contributed by atoms with van der Waals surface area (Å²) < 4.78 is 6.58. The van der Waals surface area contributed by atoms with Crippen molar-refractivity contribution in [1.29, 1.82) is 0 Å². The van der Waals surface area contributed by atoms with Crippen molar-refractivity contribution < 1.29 is 9.53 Å². The normalized spacial score (nSPS) is 21.8. The van der Waals surface area contributed by atoms with E-state index in [0.717, 1.165) is 28.6 Å². The number of anilines is 1. The zero-order valence-electron chi connectivity index (χ0n) is 10.7. The zero-order chi connectivity index (χ0) is 13.1. The SMILES string of the molecule is Cc1cc(NC(=O)[C@@H]2CC[C@H](CN)O2)ccc1Br.Cl. The Balaban J connectivity index is 0.00000180. The van der Waals surface area contributed by atoms with Gasteiger partial charge in [0.2, 0.25) is 0 Å². The van der Waals surface area contributed by atoms with Gasteiger partial charge in [-0.1, -0.05) is 15.9 Å². The lowest BCUT2D eigenvalue weighted by atomic mass is 10.1. The van der Waals surface area contributed by atoms with Crippen LogP contribution in [0.2, 0.25) is 0 Å². The van der Waals surface area contributed by atoms with E-state index >= 15 is 0 Å². The molecule has 6 heteroatoms. The quantitative estimate of drug-likeness (QED) is 0.881. The van der Waals surface area contributed by atoms with Gasteiger partial charge >= 0.3 is 0 Å². The second kappa shape index (κ2) is 7.24. The van der Waals surface area contributed by atoms with Crippen molar-refractivity contribution in [3.8, 4) is 0 Å². The van der Waals surface area contributed by atoms with Gasteiger partial charge in [-0.05, 0) is 43.5 Å². The van der Waals surface area contributed by atoms with Gasteiger partial charge in [-0.2, -0.15) is 0 Å². The maximum atomic E-state index is 12.0. The molecule has 0 unspecified atom stereocenters. The molecule has 1 amide bonds. The molecular weight excluding hydrogens is 332 g/mol. The minimum Gasteiger partial charge on any atom is -0.364 e. The second-order valence-electron chi connectivity index (χ2n) is 4.51. The Labute approximate surface area is 127 Å². The number of benzene rings is 1. The molecule has 4 nitrogen and oxygen atoms in total. The molecule has 1 aliphatic heterocycles. The lowest BCUT2D eigenvalue weighted by Crippen LogP contribution is -2.29. The minimum atomic E-state index is -0.373. The fraction of sp³-hybridized carbons (Fsp3) is 0.462. The molecule has 0 radical (unpaired) electrons. The first-order chi connectivity index (χ1) is 8.60. The summed E-state index contributed by atoms with van der Waals surface area (Å²) in [5.74, 6) is -0.0901. The highest BCUT2D eigenvalue weighted by Gasteiger charge is 2.29. The van der Waals surface area contributed by atoms with E-state index in [-0.39, 0.29) is 30.5 Å². The third-order valence-electron chi connectivity index (χ3n) is 3.09. The van der Waals surface area contributed by atoms with Crippen LogP contribution in [0, 0.1) is 6.92 Å². The Morgan fingerprint density at radius 1 is 1.53 bits per heavy atom. The Kier molecular flexibility index (Phi) is 6.26. The zero-order valence-corrected chi connectivity index (χ0v) is 13.1. The molecule has 3 N–H and O–H groups in total. The van der Waals surface area contributed by atoms with Crippen LogP contribution in [0.5, 0.6) is 0 Å². The van der Waals surface area contributed by atoms with Crippen LogP contribution >= 0.6 is 28.3 Å². The van der Waals surface area contributed by atoms with E-state index < -0.39 is 0 Å². The van der Waals surface area contributed by atoms with Crippen LogP contribution in [0.4, 0.5) is 5.69 Å². The molecule has 1 saturated heterocycles. The van der Waals surface area contributed by atoms with Crippen LogP contribution in [0.25, 0.3) is 0 Å². The molecule has 2 rings (SSSR count). The largest absolute Gasteiger partial charge is 0.364 e. The topological polar surface area (TPSA) is 64.4 Å². The number of ether oxygens (including phenoxy) is 1. The first-order valence-corrected chi connectivity index (χ1v) is 6.82. The lowest BCUT2D eigenvalue weighted by Gasteiger charge is -2.13. The van der Waals surface area contributed by atoms with Crippen LogP contribution in [-0.4, -0.2) is 24.7 Å². The van der Waals surface area contributed by atoms with Crippen molar-refractivity contribution in [3.63, 3.8) is 0 Å². The molecule has 1 aromatic carbocycles. The van der Waals surface area contributed by atoms with Gasteiger partial charge in [-0.25, -0.2) is 0 Å². The molecule has 0 aromatic heterocycles.